The second-order valence-corrected chi connectivity index (χ2v) is 5.53. The highest BCUT2D eigenvalue weighted by Gasteiger charge is 2.19. The molecule has 1 aliphatic heterocycles. The maximum Gasteiger partial charge on any atom is 0.173 e. The summed E-state index contributed by atoms with van der Waals surface area (Å²) in [4.78, 5) is 7.42. The Morgan fingerprint density at radius 2 is 1.73 bits per heavy atom. The number of pyridine rings is 1. The maximum atomic E-state index is 13.6. The van der Waals surface area contributed by atoms with Crippen molar-refractivity contribution < 1.29 is 9.37 Å². The predicted molar refractivity (Wildman–Crippen MR) is 89.4 cm³/mol. The molecular formula is C16H18FN4S+. The van der Waals surface area contributed by atoms with Gasteiger partial charge in [0.1, 0.15) is 5.82 Å². The van der Waals surface area contributed by atoms with Crippen LogP contribution in [-0.4, -0.2) is 36.2 Å². The molecule has 1 saturated heterocycles. The zero-order chi connectivity index (χ0) is 15.4. The van der Waals surface area contributed by atoms with Crippen molar-refractivity contribution in [1.29, 1.82) is 0 Å². The molecule has 22 heavy (non-hydrogen) atoms. The molecule has 0 aliphatic carbocycles. The molecule has 4 nitrogen and oxygen atoms in total. The molecule has 0 radical (unpaired) electrons. The summed E-state index contributed by atoms with van der Waals surface area (Å²) in [5.74, 6) is -0.288. The number of rotatable bonds is 2. The monoisotopic (exact) mass is 317 g/mol. The van der Waals surface area contributed by atoms with Crippen molar-refractivity contribution in [1.82, 2.24) is 4.90 Å². The molecule has 0 spiro atoms. The lowest BCUT2D eigenvalue weighted by Crippen LogP contribution is -2.50. The fourth-order valence-electron chi connectivity index (χ4n) is 2.51. The molecule has 1 fully saturated rings. The molecule has 0 atom stereocenters. The van der Waals surface area contributed by atoms with E-state index in [1.165, 1.54) is 11.8 Å². The van der Waals surface area contributed by atoms with E-state index in [1.807, 2.05) is 12.4 Å². The van der Waals surface area contributed by atoms with Crippen molar-refractivity contribution in [3.63, 3.8) is 0 Å². The number of aromatic amines is 1. The van der Waals surface area contributed by atoms with Crippen LogP contribution in [0, 0.1) is 5.82 Å². The van der Waals surface area contributed by atoms with Crippen LogP contribution in [0.5, 0.6) is 0 Å². The van der Waals surface area contributed by atoms with Crippen LogP contribution in [0.15, 0.2) is 48.8 Å². The first-order valence-corrected chi connectivity index (χ1v) is 7.66. The zero-order valence-electron chi connectivity index (χ0n) is 12.1. The minimum absolute atomic E-state index is 0.288. The zero-order valence-corrected chi connectivity index (χ0v) is 12.9. The highest BCUT2D eigenvalue weighted by atomic mass is 32.1. The fourth-order valence-corrected chi connectivity index (χ4v) is 2.81. The largest absolute Gasteiger partial charge is 0.368 e. The highest BCUT2D eigenvalue weighted by Crippen LogP contribution is 2.16. The van der Waals surface area contributed by atoms with E-state index < -0.39 is 0 Å². The molecule has 1 aromatic carbocycles. The smallest absolute Gasteiger partial charge is 0.173 e. The summed E-state index contributed by atoms with van der Waals surface area (Å²) in [6, 6.07) is 10.7. The predicted octanol–water partition coefficient (Wildman–Crippen LogP) is 2.16. The van der Waals surface area contributed by atoms with Gasteiger partial charge < -0.3 is 15.1 Å². The minimum Gasteiger partial charge on any atom is -0.368 e. The summed E-state index contributed by atoms with van der Waals surface area (Å²) in [5.41, 5.74) is 1.62. The van der Waals surface area contributed by atoms with Crippen LogP contribution in [-0.2, 0) is 0 Å². The van der Waals surface area contributed by atoms with Gasteiger partial charge in [0.15, 0.2) is 17.5 Å². The lowest BCUT2D eigenvalue weighted by molar-refractivity contribution is -0.377. The molecule has 1 aromatic heterocycles. The van der Waals surface area contributed by atoms with Crippen LogP contribution in [0.2, 0.25) is 0 Å². The lowest BCUT2D eigenvalue weighted by atomic mass is 10.2. The quantitative estimate of drug-likeness (QED) is 0.861. The molecule has 0 amide bonds. The Hall–Kier alpha value is -2.21. The Labute approximate surface area is 134 Å². The number of hydrogen-bond donors (Lipinski definition) is 1. The third-order valence-corrected chi connectivity index (χ3v) is 4.11. The number of para-hydroxylation sites is 1. The number of piperazine rings is 1. The Kier molecular flexibility index (Phi) is 4.48. The molecule has 0 unspecified atom stereocenters. The molecule has 1 aliphatic rings. The first kappa shape index (κ1) is 14.7. The topological polar surface area (TPSA) is 32.6 Å². The Balaban J connectivity index is 1.57. The first-order chi connectivity index (χ1) is 10.7. The number of H-pyrrole nitrogens is 1. The molecule has 0 bridgehead atoms. The van der Waals surface area contributed by atoms with Gasteiger partial charge in [-0.25, -0.2) is 9.37 Å². The Bertz CT molecular complexity index is 642. The van der Waals surface area contributed by atoms with Gasteiger partial charge in [-0.15, -0.1) is 0 Å². The van der Waals surface area contributed by atoms with E-state index in [9.17, 15) is 4.39 Å². The summed E-state index contributed by atoms with van der Waals surface area (Å²) < 4.78 is 13.6. The van der Waals surface area contributed by atoms with Crippen molar-refractivity contribution in [3.05, 3.63) is 54.6 Å². The van der Waals surface area contributed by atoms with Crippen LogP contribution in [0.4, 0.5) is 15.8 Å². The van der Waals surface area contributed by atoms with Crippen LogP contribution in [0.3, 0.4) is 0 Å². The number of anilines is 2. The fraction of sp³-hybridized carbons (Fsp3) is 0.250. The Morgan fingerprint density at radius 1 is 1.05 bits per heavy atom. The second kappa shape index (κ2) is 6.70. The average Bonchev–Trinajstić information content (AvgIpc) is 2.58. The van der Waals surface area contributed by atoms with Gasteiger partial charge in [0.25, 0.3) is 0 Å². The molecule has 6 heteroatoms. The van der Waals surface area contributed by atoms with Gasteiger partial charge in [0.2, 0.25) is 0 Å². The average molecular weight is 317 g/mol. The van der Waals surface area contributed by atoms with Gasteiger partial charge in [-0.2, -0.15) is 0 Å². The van der Waals surface area contributed by atoms with Crippen LogP contribution < -0.4 is 15.2 Å². The third kappa shape index (κ3) is 3.33. The van der Waals surface area contributed by atoms with E-state index in [2.05, 4.69) is 32.2 Å². The summed E-state index contributed by atoms with van der Waals surface area (Å²) in [6.45, 7) is 3.42. The van der Waals surface area contributed by atoms with Gasteiger partial charge in [-0.1, -0.05) is 12.1 Å². The summed E-state index contributed by atoms with van der Waals surface area (Å²) >= 11 is 5.40. The normalized spacial score (nSPS) is 14.8. The van der Waals surface area contributed by atoms with E-state index in [1.54, 1.807) is 18.2 Å². The van der Waals surface area contributed by atoms with Crippen molar-refractivity contribution in [2.75, 3.05) is 36.4 Å². The van der Waals surface area contributed by atoms with Gasteiger partial charge in [-0.05, 0) is 24.4 Å². The standard InChI is InChI=1S/C16H17FN4S/c17-14-3-1-2-4-15(14)19-16(22)21-11-9-20(10-12-21)13-5-7-18-8-6-13/h1-8H,9-12H2,(H,19,22)/p+1. The van der Waals surface area contributed by atoms with Crippen LogP contribution in [0.1, 0.15) is 0 Å². The number of thiocarbonyl (C=S) groups is 1. The summed E-state index contributed by atoms with van der Waals surface area (Å²) in [6.07, 6.45) is 3.85. The molecule has 2 heterocycles. The molecule has 0 saturated carbocycles. The third-order valence-electron chi connectivity index (χ3n) is 3.75. The lowest BCUT2D eigenvalue weighted by Gasteiger charge is -2.37. The summed E-state index contributed by atoms with van der Waals surface area (Å²) in [7, 11) is 0. The minimum atomic E-state index is -0.288. The highest BCUT2D eigenvalue weighted by molar-refractivity contribution is 7.80. The molecule has 114 valence electrons. The molecule has 2 aromatic rings. The van der Waals surface area contributed by atoms with Crippen LogP contribution >= 0.6 is 12.2 Å². The maximum absolute atomic E-state index is 13.6. The van der Waals surface area contributed by atoms with Crippen molar-refractivity contribution >= 4 is 28.7 Å². The van der Waals surface area contributed by atoms with Gasteiger partial charge in [0, 0.05) is 44.0 Å². The van der Waals surface area contributed by atoms with Crippen LogP contribution in [0.25, 0.3) is 0 Å². The number of hydrogen-bond acceptors (Lipinski definition) is 2. The number of halogens is 1. The number of nitrogens with one attached hydrogen (secondary N) is 2. The van der Waals surface area contributed by atoms with E-state index in [4.69, 9.17) is 12.2 Å². The first-order valence-electron chi connectivity index (χ1n) is 7.25. The number of aromatic nitrogens is 1. The second-order valence-electron chi connectivity index (χ2n) is 5.14. The van der Waals surface area contributed by atoms with Crippen molar-refractivity contribution in [3.8, 4) is 0 Å². The number of benzene rings is 1. The van der Waals surface area contributed by atoms with E-state index >= 15 is 0 Å². The molecule has 3 rings (SSSR count). The summed E-state index contributed by atoms with van der Waals surface area (Å²) in [5, 5.41) is 3.57. The molecular weight excluding hydrogens is 299 g/mol. The van der Waals surface area contributed by atoms with Gasteiger partial charge >= 0.3 is 0 Å². The van der Waals surface area contributed by atoms with Crippen molar-refractivity contribution in [2.24, 2.45) is 0 Å². The van der Waals surface area contributed by atoms with E-state index in [-0.39, 0.29) is 5.82 Å². The van der Waals surface area contributed by atoms with Crippen molar-refractivity contribution in [2.45, 2.75) is 0 Å². The van der Waals surface area contributed by atoms with E-state index in [0.29, 0.717) is 10.8 Å². The van der Waals surface area contributed by atoms with Gasteiger partial charge in [0.05, 0.1) is 5.69 Å². The van der Waals surface area contributed by atoms with E-state index in [0.717, 1.165) is 26.2 Å². The SMILES string of the molecule is Fc1ccccc1NC(=S)N1CCN(c2cc[nH+]cc2)CC1. The number of nitrogens with zero attached hydrogens (tertiary/aromatic N) is 2. The molecule has 2 N–H and O–H groups in total. The Morgan fingerprint density at radius 3 is 2.41 bits per heavy atom. The van der Waals surface area contributed by atoms with Gasteiger partial charge in [-0.3, -0.25) is 0 Å².